The van der Waals surface area contributed by atoms with Gasteiger partial charge < -0.3 is 10.1 Å². The third-order valence-corrected chi connectivity index (χ3v) is 4.92. The number of allylic oxidation sites excluding steroid dienone is 3. The molecule has 144 valence electrons. The molecule has 0 aliphatic carbocycles. The third-order valence-electron chi connectivity index (χ3n) is 4.14. The quantitative estimate of drug-likeness (QED) is 0.344. The molecule has 0 spiro atoms. The van der Waals surface area contributed by atoms with Crippen LogP contribution in [-0.2, 0) is 14.3 Å². The molecule has 8 heteroatoms. The summed E-state index contributed by atoms with van der Waals surface area (Å²) in [5.41, 5.74) is 2.66. The van der Waals surface area contributed by atoms with E-state index >= 15 is 0 Å². The van der Waals surface area contributed by atoms with Crippen LogP contribution in [-0.4, -0.2) is 28.4 Å². The molecule has 1 atom stereocenters. The van der Waals surface area contributed by atoms with Crippen molar-refractivity contribution in [1.82, 2.24) is 5.32 Å². The van der Waals surface area contributed by atoms with Gasteiger partial charge in [-0.05, 0) is 26.3 Å². The number of carbonyl (C=O) groups excluding carboxylic acids is 2. The number of rotatable bonds is 6. The van der Waals surface area contributed by atoms with Crippen LogP contribution >= 0.6 is 11.8 Å². The second-order valence-corrected chi connectivity index (χ2v) is 7.53. The highest BCUT2D eigenvalue weighted by molar-refractivity contribution is 8.13. The molecule has 0 aromatic heterocycles. The third kappa shape index (κ3) is 4.97. The Morgan fingerprint density at radius 2 is 1.96 bits per heavy atom. The number of dihydropyridines is 1. The number of esters is 1. The Hall–Kier alpha value is -2.61. The molecule has 1 unspecified atom stereocenters. The molecule has 1 aromatic rings. The van der Waals surface area contributed by atoms with Crippen LogP contribution < -0.4 is 5.32 Å². The first-order valence-corrected chi connectivity index (χ1v) is 9.41. The second kappa shape index (κ2) is 8.85. The lowest BCUT2D eigenvalue weighted by molar-refractivity contribution is -0.431. The van der Waals surface area contributed by atoms with Gasteiger partial charge in [-0.25, -0.2) is 4.79 Å². The number of thioether (sulfide) groups is 1. The molecule has 1 aliphatic rings. The number of hydrogen-bond donors (Lipinski definition) is 1. The molecule has 0 fully saturated rings. The van der Waals surface area contributed by atoms with E-state index in [9.17, 15) is 19.7 Å². The molecule has 0 saturated carbocycles. The predicted molar refractivity (Wildman–Crippen MR) is 104 cm³/mol. The van der Waals surface area contributed by atoms with Crippen LogP contribution in [0.4, 0.5) is 0 Å². The van der Waals surface area contributed by atoms with Crippen LogP contribution in [0.1, 0.15) is 37.8 Å². The van der Waals surface area contributed by atoms with Gasteiger partial charge in [0.05, 0.1) is 16.2 Å². The lowest BCUT2D eigenvalue weighted by Crippen LogP contribution is -2.31. The number of ether oxygens (including phenoxy) is 1. The first kappa shape index (κ1) is 20.7. The first-order chi connectivity index (χ1) is 12.7. The molecule has 2 rings (SSSR count). The molecule has 7 nitrogen and oxygen atoms in total. The zero-order valence-electron chi connectivity index (χ0n) is 15.7. The number of nitrogens with one attached hydrogen (secondary N) is 1. The SMILES string of the molecule is CC(=O)SCCOC(=O)C1=C(C)NC(C)=C([N+](=O)[O-])C1c1cccc(C)c1. The van der Waals surface area contributed by atoms with Gasteiger partial charge in [0.2, 0.25) is 0 Å². The van der Waals surface area contributed by atoms with Gasteiger partial charge in [0.1, 0.15) is 12.5 Å². The summed E-state index contributed by atoms with van der Waals surface area (Å²) in [6, 6.07) is 7.30. The summed E-state index contributed by atoms with van der Waals surface area (Å²) in [5.74, 6) is -1.11. The summed E-state index contributed by atoms with van der Waals surface area (Å²) >= 11 is 1.06. The zero-order chi connectivity index (χ0) is 20.1. The Labute approximate surface area is 162 Å². The van der Waals surface area contributed by atoms with Crippen LogP contribution in [0.2, 0.25) is 0 Å². The van der Waals surface area contributed by atoms with Crippen LogP contribution in [0.3, 0.4) is 0 Å². The number of nitro groups is 1. The fraction of sp³-hybridized carbons (Fsp3) is 0.368. The lowest BCUT2D eigenvalue weighted by Gasteiger charge is -2.26. The van der Waals surface area contributed by atoms with Gasteiger partial charge >= 0.3 is 5.97 Å². The summed E-state index contributed by atoms with van der Waals surface area (Å²) in [7, 11) is 0. The number of aryl methyl sites for hydroxylation is 1. The largest absolute Gasteiger partial charge is 0.461 e. The van der Waals surface area contributed by atoms with Crippen molar-refractivity contribution in [3.8, 4) is 0 Å². The maximum Gasteiger partial charge on any atom is 0.337 e. The Morgan fingerprint density at radius 3 is 2.56 bits per heavy atom. The minimum absolute atomic E-state index is 0.0525. The van der Waals surface area contributed by atoms with E-state index < -0.39 is 16.8 Å². The summed E-state index contributed by atoms with van der Waals surface area (Å²) in [5, 5.41) is 14.6. The van der Waals surface area contributed by atoms with Crippen LogP contribution in [0.25, 0.3) is 0 Å². The number of hydrogen-bond acceptors (Lipinski definition) is 7. The van der Waals surface area contributed by atoms with Crippen molar-refractivity contribution < 1.29 is 19.2 Å². The van der Waals surface area contributed by atoms with Crippen molar-refractivity contribution >= 4 is 22.8 Å². The minimum atomic E-state index is -0.825. The molecule has 27 heavy (non-hydrogen) atoms. The van der Waals surface area contributed by atoms with Crippen molar-refractivity contribution in [3.63, 3.8) is 0 Å². The molecule has 0 saturated heterocycles. The fourth-order valence-corrected chi connectivity index (χ4v) is 3.52. The highest BCUT2D eigenvalue weighted by Gasteiger charge is 2.40. The van der Waals surface area contributed by atoms with Gasteiger partial charge in [0.25, 0.3) is 5.70 Å². The van der Waals surface area contributed by atoms with Crippen LogP contribution in [0.15, 0.2) is 46.9 Å². The van der Waals surface area contributed by atoms with Gasteiger partial charge in [0, 0.05) is 18.4 Å². The number of carbonyl (C=O) groups is 2. The second-order valence-electron chi connectivity index (χ2n) is 6.25. The van der Waals surface area contributed by atoms with E-state index in [2.05, 4.69) is 5.32 Å². The predicted octanol–water partition coefficient (Wildman–Crippen LogP) is 3.29. The average Bonchev–Trinajstić information content (AvgIpc) is 2.57. The van der Waals surface area contributed by atoms with Gasteiger partial charge in [-0.15, -0.1) is 0 Å². The molecule has 1 aromatic carbocycles. The summed E-state index contributed by atoms with van der Waals surface area (Å²) in [6.45, 7) is 6.70. The number of nitrogens with zero attached hydrogens (tertiary/aromatic N) is 1. The molecule has 1 N–H and O–H groups in total. The van der Waals surface area contributed by atoms with Gasteiger partial charge in [0.15, 0.2) is 5.12 Å². The first-order valence-electron chi connectivity index (χ1n) is 8.42. The van der Waals surface area contributed by atoms with E-state index in [-0.39, 0.29) is 23.0 Å². The molecular formula is C19H22N2O5S. The van der Waals surface area contributed by atoms with Crippen molar-refractivity contribution in [1.29, 1.82) is 0 Å². The maximum atomic E-state index is 12.7. The summed E-state index contributed by atoms with van der Waals surface area (Å²) in [6.07, 6.45) is 0. The smallest absolute Gasteiger partial charge is 0.337 e. The van der Waals surface area contributed by atoms with Crippen molar-refractivity contribution in [2.75, 3.05) is 12.4 Å². The Bertz CT molecular complexity index is 844. The summed E-state index contributed by atoms with van der Waals surface area (Å²) in [4.78, 5) is 35.0. The van der Waals surface area contributed by atoms with Crippen LogP contribution in [0, 0.1) is 17.0 Å². The minimum Gasteiger partial charge on any atom is -0.461 e. The molecule has 0 amide bonds. The molecule has 1 aliphatic heterocycles. The molecule has 0 bridgehead atoms. The Balaban J connectivity index is 2.40. The lowest BCUT2D eigenvalue weighted by atomic mass is 9.83. The highest BCUT2D eigenvalue weighted by atomic mass is 32.2. The van der Waals surface area contributed by atoms with E-state index in [0.29, 0.717) is 22.7 Å². The number of benzene rings is 1. The van der Waals surface area contributed by atoms with E-state index in [1.54, 1.807) is 26.0 Å². The van der Waals surface area contributed by atoms with Crippen molar-refractivity contribution in [2.45, 2.75) is 33.6 Å². The van der Waals surface area contributed by atoms with E-state index in [1.165, 1.54) is 6.92 Å². The van der Waals surface area contributed by atoms with Crippen molar-refractivity contribution in [2.24, 2.45) is 0 Å². The normalized spacial score (nSPS) is 16.8. The summed E-state index contributed by atoms with van der Waals surface area (Å²) < 4.78 is 5.29. The van der Waals surface area contributed by atoms with Crippen molar-refractivity contribution in [3.05, 3.63) is 68.2 Å². The standard InChI is InChI=1S/C19H22N2O5S/c1-11-6-5-7-15(10-11)17-16(19(23)26-8-9-27-14(4)22)12(2)20-13(3)18(17)21(24)25/h5-7,10,17,20H,8-9H2,1-4H3. The fourth-order valence-electron chi connectivity index (χ4n) is 3.07. The topological polar surface area (TPSA) is 98.5 Å². The zero-order valence-corrected chi connectivity index (χ0v) is 16.5. The van der Waals surface area contributed by atoms with Gasteiger partial charge in [-0.1, -0.05) is 41.6 Å². The Kier molecular flexibility index (Phi) is 6.79. The van der Waals surface area contributed by atoms with Crippen LogP contribution in [0.5, 0.6) is 0 Å². The Morgan fingerprint density at radius 1 is 1.26 bits per heavy atom. The van der Waals surface area contributed by atoms with E-state index in [4.69, 9.17) is 4.74 Å². The van der Waals surface area contributed by atoms with Gasteiger partial charge in [-0.2, -0.15) is 0 Å². The van der Waals surface area contributed by atoms with E-state index in [1.807, 2.05) is 19.1 Å². The molecular weight excluding hydrogens is 368 g/mol. The monoisotopic (exact) mass is 390 g/mol. The maximum absolute atomic E-state index is 12.7. The molecule has 0 radical (unpaired) electrons. The van der Waals surface area contributed by atoms with E-state index in [0.717, 1.165) is 17.3 Å². The average molecular weight is 390 g/mol. The van der Waals surface area contributed by atoms with Gasteiger partial charge in [-0.3, -0.25) is 14.9 Å². The highest BCUT2D eigenvalue weighted by Crippen LogP contribution is 2.38. The molecule has 1 heterocycles.